The van der Waals surface area contributed by atoms with Gasteiger partial charge in [0, 0.05) is 11.5 Å². The standard InChI is InChI=1S/C5H4F3N3O2S/c6-5(7,8)3-10-4(14-11-3)9-1-2(12)13/h1H2,(H,12,13)(H,9,10,11). The molecule has 1 rings (SSSR count). The molecule has 2 N–H and O–H groups in total. The number of aliphatic carboxylic acids is 1. The number of nitrogens with zero attached hydrogens (tertiary/aromatic N) is 2. The van der Waals surface area contributed by atoms with Crippen LogP contribution in [-0.2, 0) is 11.0 Å². The SMILES string of the molecule is O=C(O)CNc1nc(C(F)(F)F)ns1. The second-order valence-electron chi connectivity index (χ2n) is 2.17. The highest BCUT2D eigenvalue weighted by Crippen LogP contribution is 2.28. The van der Waals surface area contributed by atoms with Crippen molar-refractivity contribution in [2.24, 2.45) is 0 Å². The number of rotatable bonds is 3. The molecule has 0 bridgehead atoms. The third-order valence-electron chi connectivity index (χ3n) is 1.07. The van der Waals surface area contributed by atoms with E-state index in [4.69, 9.17) is 5.11 Å². The van der Waals surface area contributed by atoms with E-state index in [0.717, 1.165) is 0 Å². The van der Waals surface area contributed by atoms with E-state index in [1.807, 2.05) is 0 Å². The largest absolute Gasteiger partial charge is 0.480 e. The molecule has 1 aromatic heterocycles. The minimum absolute atomic E-state index is 0.167. The normalized spacial score (nSPS) is 11.4. The molecule has 9 heteroatoms. The predicted molar refractivity (Wildman–Crippen MR) is 41.0 cm³/mol. The van der Waals surface area contributed by atoms with Crippen LogP contribution in [0.4, 0.5) is 18.3 Å². The molecular weight excluding hydrogens is 223 g/mol. The monoisotopic (exact) mass is 227 g/mol. The first-order valence-corrected chi connectivity index (χ1v) is 4.03. The Bertz CT molecular complexity index is 337. The van der Waals surface area contributed by atoms with Crippen molar-refractivity contribution < 1.29 is 23.1 Å². The summed E-state index contributed by atoms with van der Waals surface area (Å²) >= 11 is 0.463. The minimum Gasteiger partial charge on any atom is -0.480 e. The van der Waals surface area contributed by atoms with Crippen LogP contribution in [0.5, 0.6) is 0 Å². The number of alkyl halides is 3. The number of nitrogens with one attached hydrogen (secondary N) is 1. The Balaban J connectivity index is 2.64. The number of hydrogen-bond donors (Lipinski definition) is 2. The number of halogens is 3. The maximum Gasteiger partial charge on any atom is 0.452 e. The van der Waals surface area contributed by atoms with Crippen molar-refractivity contribution in [1.82, 2.24) is 9.36 Å². The van der Waals surface area contributed by atoms with E-state index in [1.165, 1.54) is 0 Å². The molecule has 5 nitrogen and oxygen atoms in total. The average Bonchev–Trinajstić information content (AvgIpc) is 2.47. The van der Waals surface area contributed by atoms with Gasteiger partial charge in [-0.05, 0) is 0 Å². The molecule has 0 aliphatic heterocycles. The quantitative estimate of drug-likeness (QED) is 0.807. The summed E-state index contributed by atoms with van der Waals surface area (Å²) in [4.78, 5) is 13.1. The van der Waals surface area contributed by atoms with Crippen LogP contribution in [-0.4, -0.2) is 27.0 Å². The summed E-state index contributed by atoms with van der Waals surface area (Å²) < 4.78 is 38.8. The van der Waals surface area contributed by atoms with Gasteiger partial charge in [-0.1, -0.05) is 0 Å². The van der Waals surface area contributed by atoms with E-state index in [0.29, 0.717) is 11.5 Å². The molecule has 0 fully saturated rings. The van der Waals surface area contributed by atoms with Crippen LogP contribution in [0.25, 0.3) is 0 Å². The van der Waals surface area contributed by atoms with E-state index < -0.39 is 24.5 Å². The Morgan fingerprint density at radius 1 is 1.57 bits per heavy atom. The molecule has 0 aliphatic rings. The molecule has 0 radical (unpaired) electrons. The first-order chi connectivity index (χ1) is 6.39. The van der Waals surface area contributed by atoms with Crippen molar-refractivity contribution in [3.05, 3.63) is 5.82 Å². The fourth-order valence-electron chi connectivity index (χ4n) is 0.562. The topological polar surface area (TPSA) is 75.1 Å². The zero-order valence-corrected chi connectivity index (χ0v) is 7.32. The number of aromatic nitrogens is 2. The lowest BCUT2D eigenvalue weighted by Crippen LogP contribution is -2.13. The van der Waals surface area contributed by atoms with Crippen molar-refractivity contribution >= 4 is 22.6 Å². The molecule has 0 saturated heterocycles. The first kappa shape index (κ1) is 10.7. The first-order valence-electron chi connectivity index (χ1n) is 3.26. The molecular formula is C5H4F3N3O2S. The van der Waals surface area contributed by atoms with Gasteiger partial charge in [0.05, 0.1) is 0 Å². The number of anilines is 1. The molecule has 1 aromatic rings. The summed E-state index contributed by atoms with van der Waals surface area (Å²) in [5.41, 5.74) is 0. The van der Waals surface area contributed by atoms with Gasteiger partial charge in [-0.25, -0.2) is 0 Å². The molecule has 0 unspecified atom stereocenters. The molecule has 0 amide bonds. The summed E-state index contributed by atoms with van der Waals surface area (Å²) in [6, 6.07) is 0. The van der Waals surface area contributed by atoms with E-state index in [-0.39, 0.29) is 5.13 Å². The Morgan fingerprint density at radius 2 is 2.21 bits per heavy atom. The van der Waals surface area contributed by atoms with Crippen LogP contribution >= 0.6 is 11.5 Å². The predicted octanol–water partition coefficient (Wildman–Crippen LogP) is 1.05. The van der Waals surface area contributed by atoms with Gasteiger partial charge in [0.1, 0.15) is 6.54 Å². The highest BCUT2D eigenvalue weighted by Gasteiger charge is 2.36. The summed E-state index contributed by atoms with van der Waals surface area (Å²) in [6.45, 7) is -0.494. The van der Waals surface area contributed by atoms with Gasteiger partial charge >= 0.3 is 12.1 Å². The average molecular weight is 227 g/mol. The fraction of sp³-hybridized carbons (Fsp3) is 0.400. The van der Waals surface area contributed by atoms with E-state index in [9.17, 15) is 18.0 Å². The lowest BCUT2D eigenvalue weighted by molar-refractivity contribution is -0.144. The smallest absolute Gasteiger partial charge is 0.452 e. The summed E-state index contributed by atoms with van der Waals surface area (Å²) in [5, 5.41) is 10.2. The molecule has 0 aromatic carbocycles. The Labute approximate surface area is 79.7 Å². The summed E-state index contributed by atoms with van der Waals surface area (Å²) in [5.74, 6) is -2.45. The van der Waals surface area contributed by atoms with Crippen LogP contribution in [0.2, 0.25) is 0 Å². The van der Waals surface area contributed by atoms with Crippen molar-refractivity contribution in [2.75, 3.05) is 11.9 Å². The molecule has 0 saturated carbocycles. The summed E-state index contributed by atoms with van der Waals surface area (Å²) in [6.07, 6.45) is -4.60. The third-order valence-corrected chi connectivity index (χ3v) is 1.74. The van der Waals surface area contributed by atoms with Gasteiger partial charge in [-0.3, -0.25) is 4.79 Å². The van der Waals surface area contributed by atoms with Gasteiger partial charge in [0.25, 0.3) is 0 Å². The third kappa shape index (κ3) is 2.83. The maximum absolute atomic E-state index is 11.9. The van der Waals surface area contributed by atoms with E-state index in [1.54, 1.807) is 0 Å². The van der Waals surface area contributed by atoms with Gasteiger partial charge in [0.15, 0.2) is 0 Å². The Morgan fingerprint density at radius 3 is 2.64 bits per heavy atom. The molecule has 0 aliphatic carbocycles. The molecule has 78 valence electrons. The van der Waals surface area contributed by atoms with Crippen LogP contribution in [0.1, 0.15) is 5.82 Å². The second-order valence-corrected chi connectivity index (χ2v) is 2.92. The Hall–Kier alpha value is -1.38. The van der Waals surface area contributed by atoms with Crippen molar-refractivity contribution in [3.8, 4) is 0 Å². The highest BCUT2D eigenvalue weighted by atomic mass is 32.1. The lowest BCUT2D eigenvalue weighted by atomic mass is 10.6. The van der Waals surface area contributed by atoms with Gasteiger partial charge < -0.3 is 10.4 Å². The van der Waals surface area contributed by atoms with Crippen LogP contribution in [0, 0.1) is 0 Å². The second kappa shape index (κ2) is 3.78. The number of carboxylic acids is 1. The van der Waals surface area contributed by atoms with E-state index in [2.05, 4.69) is 14.7 Å². The molecule has 0 spiro atoms. The number of carbonyl (C=O) groups is 1. The zero-order chi connectivity index (χ0) is 10.8. The molecule has 1 heterocycles. The van der Waals surface area contributed by atoms with Gasteiger partial charge in [0.2, 0.25) is 11.0 Å². The van der Waals surface area contributed by atoms with Gasteiger partial charge in [-0.2, -0.15) is 22.5 Å². The van der Waals surface area contributed by atoms with Crippen LogP contribution < -0.4 is 5.32 Å². The molecule has 14 heavy (non-hydrogen) atoms. The number of carboxylic acid groups (broad SMARTS) is 1. The number of hydrogen-bond acceptors (Lipinski definition) is 5. The lowest BCUT2D eigenvalue weighted by Gasteiger charge is -1.98. The van der Waals surface area contributed by atoms with Gasteiger partial charge in [-0.15, -0.1) is 0 Å². The minimum atomic E-state index is -4.60. The Kier molecular flexibility index (Phi) is 2.89. The molecule has 0 atom stereocenters. The van der Waals surface area contributed by atoms with E-state index >= 15 is 0 Å². The highest BCUT2D eigenvalue weighted by molar-refractivity contribution is 7.09. The van der Waals surface area contributed by atoms with Crippen molar-refractivity contribution in [2.45, 2.75) is 6.18 Å². The van der Waals surface area contributed by atoms with Crippen LogP contribution in [0.15, 0.2) is 0 Å². The zero-order valence-electron chi connectivity index (χ0n) is 6.50. The van der Waals surface area contributed by atoms with Crippen molar-refractivity contribution in [3.63, 3.8) is 0 Å². The maximum atomic E-state index is 11.9. The van der Waals surface area contributed by atoms with Crippen molar-refractivity contribution in [1.29, 1.82) is 0 Å². The fourth-order valence-corrected chi connectivity index (χ4v) is 1.14. The summed E-state index contributed by atoms with van der Waals surface area (Å²) in [7, 11) is 0. The van der Waals surface area contributed by atoms with Crippen LogP contribution in [0.3, 0.4) is 0 Å².